The molecule has 0 aliphatic carbocycles. The van der Waals surface area contributed by atoms with E-state index in [-0.39, 0.29) is 0 Å². The van der Waals surface area contributed by atoms with Gasteiger partial charge in [-0.25, -0.2) is 15.0 Å². The Balaban J connectivity index is 1.94. The molecule has 0 radical (unpaired) electrons. The highest BCUT2D eigenvalue weighted by Crippen LogP contribution is 2.36. The maximum Gasteiger partial charge on any atom is 0.165 e. The molecule has 0 saturated heterocycles. The lowest BCUT2D eigenvalue weighted by molar-refractivity contribution is 0.926. The first kappa shape index (κ1) is 18.0. The zero-order valence-electron chi connectivity index (χ0n) is 17.0. The molecule has 3 aromatic carbocycles. The second-order valence-corrected chi connectivity index (χ2v) is 7.47. The van der Waals surface area contributed by atoms with E-state index in [4.69, 9.17) is 0 Å². The van der Waals surface area contributed by atoms with Gasteiger partial charge in [0.2, 0.25) is 0 Å². The lowest BCUT2D eigenvalue weighted by Gasteiger charge is -2.14. The van der Waals surface area contributed by atoms with Crippen molar-refractivity contribution in [2.24, 2.45) is 0 Å². The summed E-state index contributed by atoms with van der Waals surface area (Å²) in [6.07, 6.45) is 0. The van der Waals surface area contributed by atoms with Crippen LogP contribution in [0, 0.1) is 32.1 Å². The van der Waals surface area contributed by atoms with Crippen molar-refractivity contribution in [3.8, 4) is 23.1 Å². The van der Waals surface area contributed by atoms with Crippen LogP contribution in [0.15, 0.2) is 60.7 Å². The van der Waals surface area contributed by atoms with E-state index in [9.17, 15) is 5.26 Å². The summed E-state index contributed by atoms with van der Waals surface area (Å²) in [7, 11) is 0. The Bertz CT molecular complexity index is 1470. The van der Waals surface area contributed by atoms with Crippen LogP contribution in [-0.4, -0.2) is 19.5 Å². The summed E-state index contributed by atoms with van der Waals surface area (Å²) in [6, 6.07) is 22.7. The molecule has 5 aromatic rings. The standard InChI is InChI=1S/C25H19N5/c1-15-8-10-20-19-6-4-5-7-22(19)30(23(20)12-15)24-13-18(14-26)9-11-21(24)25-28-16(2)27-17(3)29-25/h4-13H,1-3H3. The quantitative estimate of drug-likeness (QED) is 0.404. The minimum absolute atomic E-state index is 0.592. The summed E-state index contributed by atoms with van der Waals surface area (Å²) in [5, 5.41) is 11.9. The number of benzene rings is 3. The van der Waals surface area contributed by atoms with Crippen molar-refractivity contribution in [2.45, 2.75) is 20.8 Å². The SMILES string of the molecule is Cc1ccc2c3ccccc3n(-c3cc(C#N)ccc3-c3nc(C)nc(C)n3)c2c1. The van der Waals surface area contributed by atoms with Gasteiger partial charge in [-0.05, 0) is 56.7 Å². The molecular weight excluding hydrogens is 370 g/mol. The Morgan fingerprint density at radius 1 is 0.767 bits per heavy atom. The zero-order valence-corrected chi connectivity index (χ0v) is 17.0. The Kier molecular flexibility index (Phi) is 4.07. The third-order valence-corrected chi connectivity index (χ3v) is 5.30. The van der Waals surface area contributed by atoms with E-state index in [0.717, 1.165) is 22.3 Å². The highest BCUT2D eigenvalue weighted by atomic mass is 15.0. The fourth-order valence-electron chi connectivity index (χ4n) is 4.05. The van der Waals surface area contributed by atoms with Gasteiger partial charge >= 0.3 is 0 Å². The van der Waals surface area contributed by atoms with Crippen LogP contribution in [0.2, 0.25) is 0 Å². The predicted octanol–water partition coefficient (Wildman–Crippen LogP) is 5.43. The van der Waals surface area contributed by atoms with Crippen LogP contribution in [0.1, 0.15) is 22.8 Å². The molecule has 0 bridgehead atoms. The van der Waals surface area contributed by atoms with Gasteiger partial charge in [-0.1, -0.05) is 30.3 Å². The monoisotopic (exact) mass is 389 g/mol. The molecule has 5 heteroatoms. The van der Waals surface area contributed by atoms with Crippen LogP contribution in [0.4, 0.5) is 0 Å². The largest absolute Gasteiger partial charge is 0.308 e. The van der Waals surface area contributed by atoms with Gasteiger partial charge < -0.3 is 4.57 Å². The summed E-state index contributed by atoms with van der Waals surface area (Å²) in [4.78, 5) is 13.5. The van der Waals surface area contributed by atoms with E-state index in [2.05, 4.69) is 68.9 Å². The second-order valence-electron chi connectivity index (χ2n) is 7.47. The smallest absolute Gasteiger partial charge is 0.165 e. The molecular formula is C25H19N5. The number of para-hydroxylation sites is 1. The van der Waals surface area contributed by atoms with Crippen molar-refractivity contribution >= 4 is 21.8 Å². The van der Waals surface area contributed by atoms with E-state index in [1.807, 2.05) is 38.1 Å². The first-order valence-electron chi connectivity index (χ1n) is 9.79. The van der Waals surface area contributed by atoms with Gasteiger partial charge in [0.15, 0.2) is 5.82 Å². The molecule has 30 heavy (non-hydrogen) atoms. The van der Waals surface area contributed by atoms with Crippen molar-refractivity contribution in [3.63, 3.8) is 0 Å². The zero-order chi connectivity index (χ0) is 20.8. The van der Waals surface area contributed by atoms with Crippen LogP contribution in [0.3, 0.4) is 0 Å². The number of fused-ring (bicyclic) bond motifs is 3. The lowest BCUT2D eigenvalue weighted by Crippen LogP contribution is -2.03. The van der Waals surface area contributed by atoms with E-state index in [1.54, 1.807) is 0 Å². The van der Waals surface area contributed by atoms with Gasteiger partial charge in [0.1, 0.15) is 11.6 Å². The Labute approximate surface area is 174 Å². The highest BCUT2D eigenvalue weighted by molar-refractivity contribution is 6.09. The number of hydrogen-bond donors (Lipinski definition) is 0. The molecule has 0 N–H and O–H groups in total. The number of aryl methyl sites for hydroxylation is 3. The molecule has 2 heterocycles. The Morgan fingerprint density at radius 3 is 2.27 bits per heavy atom. The molecule has 0 fully saturated rings. The van der Waals surface area contributed by atoms with Crippen molar-refractivity contribution in [1.29, 1.82) is 5.26 Å². The number of aromatic nitrogens is 4. The van der Waals surface area contributed by atoms with Gasteiger partial charge in [-0.15, -0.1) is 0 Å². The summed E-state index contributed by atoms with van der Waals surface area (Å²) < 4.78 is 2.21. The highest BCUT2D eigenvalue weighted by Gasteiger charge is 2.18. The molecule has 0 aliphatic rings. The number of nitrogens with zero attached hydrogens (tertiary/aromatic N) is 5. The third kappa shape index (κ3) is 2.82. The fraction of sp³-hybridized carbons (Fsp3) is 0.120. The van der Waals surface area contributed by atoms with Crippen molar-refractivity contribution in [2.75, 3.05) is 0 Å². The third-order valence-electron chi connectivity index (χ3n) is 5.30. The van der Waals surface area contributed by atoms with Gasteiger partial charge in [0, 0.05) is 16.3 Å². The summed E-state index contributed by atoms with van der Waals surface area (Å²) >= 11 is 0. The number of rotatable bonds is 2. The van der Waals surface area contributed by atoms with Gasteiger partial charge in [-0.2, -0.15) is 5.26 Å². The van der Waals surface area contributed by atoms with Crippen LogP contribution in [0.5, 0.6) is 0 Å². The average molecular weight is 389 g/mol. The maximum absolute atomic E-state index is 9.58. The molecule has 144 valence electrons. The summed E-state index contributed by atoms with van der Waals surface area (Å²) in [5.41, 5.74) is 5.70. The molecule has 0 aliphatic heterocycles. The van der Waals surface area contributed by atoms with Gasteiger partial charge in [-0.3, -0.25) is 0 Å². The van der Waals surface area contributed by atoms with E-state index in [0.29, 0.717) is 23.0 Å². The Hall–Kier alpha value is -4.04. The first-order chi connectivity index (χ1) is 14.5. The molecule has 0 saturated carbocycles. The average Bonchev–Trinajstić information content (AvgIpc) is 3.05. The van der Waals surface area contributed by atoms with Gasteiger partial charge in [0.25, 0.3) is 0 Å². The molecule has 0 spiro atoms. The van der Waals surface area contributed by atoms with Crippen LogP contribution < -0.4 is 0 Å². The first-order valence-corrected chi connectivity index (χ1v) is 9.79. The molecule has 5 rings (SSSR count). The van der Waals surface area contributed by atoms with Gasteiger partial charge in [0.05, 0.1) is 28.4 Å². The minimum Gasteiger partial charge on any atom is -0.308 e. The minimum atomic E-state index is 0.592. The second kappa shape index (κ2) is 6.78. The molecule has 5 nitrogen and oxygen atoms in total. The Morgan fingerprint density at radius 2 is 1.50 bits per heavy atom. The lowest BCUT2D eigenvalue weighted by atomic mass is 10.1. The van der Waals surface area contributed by atoms with E-state index < -0.39 is 0 Å². The molecule has 0 unspecified atom stereocenters. The molecule has 2 aromatic heterocycles. The van der Waals surface area contributed by atoms with E-state index in [1.165, 1.54) is 16.3 Å². The van der Waals surface area contributed by atoms with Crippen LogP contribution in [-0.2, 0) is 0 Å². The number of hydrogen-bond acceptors (Lipinski definition) is 4. The fourth-order valence-corrected chi connectivity index (χ4v) is 4.05. The topological polar surface area (TPSA) is 67.4 Å². The predicted molar refractivity (Wildman–Crippen MR) is 119 cm³/mol. The molecule has 0 amide bonds. The van der Waals surface area contributed by atoms with Crippen molar-refractivity contribution in [3.05, 3.63) is 83.4 Å². The van der Waals surface area contributed by atoms with Crippen molar-refractivity contribution in [1.82, 2.24) is 19.5 Å². The van der Waals surface area contributed by atoms with Crippen LogP contribution >= 0.6 is 0 Å². The summed E-state index contributed by atoms with van der Waals surface area (Å²) in [5.74, 6) is 1.95. The number of nitriles is 1. The maximum atomic E-state index is 9.58. The summed E-state index contributed by atoms with van der Waals surface area (Å²) in [6.45, 7) is 5.82. The normalized spacial score (nSPS) is 11.1. The molecule has 0 atom stereocenters. The van der Waals surface area contributed by atoms with Crippen LogP contribution in [0.25, 0.3) is 38.9 Å². The van der Waals surface area contributed by atoms with Crippen molar-refractivity contribution < 1.29 is 0 Å². The van der Waals surface area contributed by atoms with E-state index >= 15 is 0 Å².